The summed E-state index contributed by atoms with van der Waals surface area (Å²) in [6.07, 6.45) is 8.90. The molecule has 0 unspecified atom stereocenters. The first-order valence-corrected chi connectivity index (χ1v) is 9.71. The number of nitrogens with zero attached hydrogens (tertiary/aromatic N) is 1. The van der Waals surface area contributed by atoms with E-state index in [9.17, 15) is 4.79 Å². The zero-order valence-corrected chi connectivity index (χ0v) is 15.4. The minimum absolute atomic E-state index is 0.246. The number of nitrogens with two attached hydrogens (primary N) is 1. The summed E-state index contributed by atoms with van der Waals surface area (Å²) in [6, 6.07) is 3.81. The number of carbonyl (C=O) groups is 1. The number of ether oxygens (including phenoxy) is 1. The van der Waals surface area contributed by atoms with Crippen LogP contribution in [0.2, 0.25) is 5.02 Å². The third kappa shape index (κ3) is 4.52. The van der Waals surface area contributed by atoms with Crippen LogP contribution in [0.3, 0.4) is 0 Å². The maximum Gasteiger partial charge on any atom is 0.237 e. The van der Waals surface area contributed by atoms with Crippen molar-refractivity contribution >= 4 is 17.5 Å². The molecule has 0 bridgehead atoms. The fourth-order valence-electron chi connectivity index (χ4n) is 4.17. The minimum atomic E-state index is -0.572. The number of nitrogens with one attached hydrogen (secondary N) is 1. The molecule has 1 aliphatic carbocycles. The summed E-state index contributed by atoms with van der Waals surface area (Å²) in [5, 5.41) is 4.23. The van der Waals surface area contributed by atoms with Crippen LogP contribution in [0.4, 0.5) is 0 Å². The highest BCUT2D eigenvalue weighted by Crippen LogP contribution is 2.38. The molecule has 1 saturated heterocycles. The van der Waals surface area contributed by atoms with Crippen LogP contribution >= 0.6 is 11.6 Å². The number of aromatic nitrogens is 1. The van der Waals surface area contributed by atoms with Gasteiger partial charge in [0.15, 0.2) is 0 Å². The van der Waals surface area contributed by atoms with Crippen molar-refractivity contribution in [2.75, 3.05) is 19.8 Å². The minimum Gasteiger partial charge on any atom is -0.381 e. The summed E-state index contributed by atoms with van der Waals surface area (Å²) in [4.78, 5) is 16.3. The lowest BCUT2D eigenvalue weighted by molar-refractivity contribution is -0.128. The molecule has 1 aromatic heterocycles. The van der Waals surface area contributed by atoms with E-state index in [1.54, 1.807) is 0 Å². The Morgan fingerprint density at radius 3 is 2.68 bits per heavy atom. The molecule has 138 valence electrons. The van der Waals surface area contributed by atoms with Crippen LogP contribution in [0.5, 0.6) is 0 Å². The van der Waals surface area contributed by atoms with Crippen LogP contribution in [-0.4, -0.2) is 36.2 Å². The quantitative estimate of drug-likeness (QED) is 0.812. The van der Waals surface area contributed by atoms with Gasteiger partial charge >= 0.3 is 0 Å². The van der Waals surface area contributed by atoms with E-state index in [1.807, 2.05) is 18.3 Å². The lowest BCUT2D eigenvalue weighted by atomic mass is 9.79. The summed E-state index contributed by atoms with van der Waals surface area (Å²) in [5.41, 5.74) is 6.12. The van der Waals surface area contributed by atoms with Crippen molar-refractivity contribution in [3.63, 3.8) is 0 Å². The summed E-state index contributed by atoms with van der Waals surface area (Å²) in [7, 11) is 0. The van der Waals surface area contributed by atoms with Crippen molar-refractivity contribution in [3.05, 3.63) is 29.0 Å². The fraction of sp³-hybridized carbons (Fsp3) is 0.684. The van der Waals surface area contributed by atoms with Crippen molar-refractivity contribution in [3.8, 4) is 0 Å². The van der Waals surface area contributed by atoms with Gasteiger partial charge in [-0.15, -0.1) is 0 Å². The molecule has 1 amide bonds. The van der Waals surface area contributed by atoms with Crippen LogP contribution in [0.25, 0.3) is 0 Å². The highest BCUT2D eigenvalue weighted by atomic mass is 35.5. The molecular weight excluding hydrogens is 338 g/mol. The molecule has 1 aliphatic heterocycles. The largest absolute Gasteiger partial charge is 0.381 e. The molecule has 1 saturated carbocycles. The first-order valence-electron chi connectivity index (χ1n) is 9.34. The number of amides is 1. The van der Waals surface area contributed by atoms with E-state index in [2.05, 4.69) is 10.3 Å². The van der Waals surface area contributed by atoms with E-state index in [4.69, 9.17) is 22.1 Å². The van der Waals surface area contributed by atoms with E-state index in [0.29, 0.717) is 37.9 Å². The van der Waals surface area contributed by atoms with Crippen LogP contribution in [0.15, 0.2) is 18.3 Å². The molecule has 2 aliphatic rings. The third-order valence-corrected chi connectivity index (χ3v) is 6.17. The molecule has 2 fully saturated rings. The zero-order chi connectivity index (χ0) is 17.7. The lowest BCUT2D eigenvalue weighted by Crippen LogP contribution is -2.58. The van der Waals surface area contributed by atoms with Gasteiger partial charge < -0.3 is 15.8 Å². The predicted octanol–water partition coefficient (Wildman–Crippen LogP) is 3.02. The number of hydrogen-bond acceptors (Lipinski definition) is 4. The van der Waals surface area contributed by atoms with Gasteiger partial charge in [0.05, 0.1) is 10.7 Å². The number of pyridine rings is 1. The molecule has 3 rings (SSSR count). The maximum absolute atomic E-state index is 11.9. The first-order chi connectivity index (χ1) is 12.1. The van der Waals surface area contributed by atoms with Crippen molar-refractivity contribution in [1.82, 2.24) is 10.3 Å². The summed E-state index contributed by atoms with van der Waals surface area (Å²) < 4.78 is 5.37. The van der Waals surface area contributed by atoms with Gasteiger partial charge in [-0.1, -0.05) is 11.6 Å². The van der Waals surface area contributed by atoms with Crippen LogP contribution in [0.1, 0.15) is 56.6 Å². The third-order valence-electron chi connectivity index (χ3n) is 5.85. The predicted molar refractivity (Wildman–Crippen MR) is 98.5 cm³/mol. The Morgan fingerprint density at radius 2 is 2.04 bits per heavy atom. The fourth-order valence-corrected chi connectivity index (χ4v) is 4.44. The van der Waals surface area contributed by atoms with E-state index >= 15 is 0 Å². The average Bonchev–Trinajstić information content (AvgIpc) is 2.63. The van der Waals surface area contributed by atoms with Gasteiger partial charge in [0, 0.05) is 25.3 Å². The lowest BCUT2D eigenvalue weighted by Gasteiger charge is -2.36. The molecule has 3 N–H and O–H groups in total. The van der Waals surface area contributed by atoms with Gasteiger partial charge in [-0.3, -0.25) is 9.78 Å². The number of primary amides is 1. The molecule has 6 heteroatoms. The topological polar surface area (TPSA) is 77.2 Å². The molecule has 1 aromatic rings. The Labute approximate surface area is 154 Å². The van der Waals surface area contributed by atoms with E-state index in [1.165, 1.54) is 12.8 Å². The van der Waals surface area contributed by atoms with Gasteiger partial charge in [-0.05, 0) is 69.5 Å². The van der Waals surface area contributed by atoms with Crippen molar-refractivity contribution in [2.45, 2.75) is 56.4 Å². The highest BCUT2D eigenvalue weighted by Gasteiger charge is 2.38. The molecule has 25 heavy (non-hydrogen) atoms. The van der Waals surface area contributed by atoms with Crippen molar-refractivity contribution in [2.24, 2.45) is 11.7 Å². The van der Waals surface area contributed by atoms with Crippen LogP contribution < -0.4 is 11.1 Å². The summed E-state index contributed by atoms with van der Waals surface area (Å²) in [5.74, 6) is 0.922. The number of carbonyl (C=O) groups excluding carboxylic acids is 1. The molecule has 0 spiro atoms. The van der Waals surface area contributed by atoms with Crippen LogP contribution in [0, 0.1) is 5.92 Å². The standard InChI is InChI=1S/C19H28ClN3O2/c20-16-2-1-10-22-17(16)15-5-3-14(4-6-15)7-11-23-19(18(21)24)8-12-25-13-9-19/h1-2,10,14-15,23H,3-9,11-13H2,(H2,21,24)/t14-,15+. The Kier molecular flexibility index (Phi) is 6.31. The Hall–Kier alpha value is -1.17. The number of hydrogen-bond donors (Lipinski definition) is 2. The Balaban J connectivity index is 1.45. The van der Waals surface area contributed by atoms with Gasteiger partial charge in [-0.25, -0.2) is 0 Å². The average molecular weight is 366 g/mol. The highest BCUT2D eigenvalue weighted by molar-refractivity contribution is 6.31. The molecule has 0 radical (unpaired) electrons. The van der Waals surface area contributed by atoms with Gasteiger partial charge in [0.1, 0.15) is 5.54 Å². The van der Waals surface area contributed by atoms with Gasteiger partial charge in [0.25, 0.3) is 0 Å². The molecule has 2 heterocycles. The molecule has 5 nitrogen and oxygen atoms in total. The van der Waals surface area contributed by atoms with Crippen LogP contribution in [-0.2, 0) is 9.53 Å². The van der Waals surface area contributed by atoms with E-state index in [0.717, 1.165) is 36.5 Å². The number of halogens is 1. The second-order valence-corrected chi connectivity index (χ2v) is 7.77. The first kappa shape index (κ1) is 18.6. The monoisotopic (exact) mass is 365 g/mol. The van der Waals surface area contributed by atoms with E-state index < -0.39 is 5.54 Å². The molecule has 0 atom stereocenters. The maximum atomic E-state index is 11.9. The number of rotatable bonds is 6. The Morgan fingerprint density at radius 1 is 1.32 bits per heavy atom. The van der Waals surface area contributed by atoms with Gasteiger partial charge in [-0.2, -0.15) is 0 Å². The Bertz CT molecular complexity index is 582. The molecular formula is C19H28ClN3O2. The van der Waals surface area contributed by atoms with E-state index in [-0.39, 0.29) is 5.91 Å². The normalized spacial score (nSPS) is 26.3. The van der Waals surface area contributed by atoms with Crippen molar-refractivity contribution < 1.29 is 9.53 Å². The SMILES string of the molecule is NC(=O)C1(NCC[C@H]2CC[C@@H](c3ncccc3Cl)CC2)CCOCC1. The molecule has 0 aromatic carbocycles. The second-order valence-electron chi connectivity index (χ2n) is 7.36. The summed E-state index contributed by atoms with van der Waals surface area (Å²) >= 11 is 6.28. The van der Waals surface area contributed by atoms with Crippen molar-refractivity contribution in [1.29, 1.82) is 0 Å². The second kappa shape index (κ2) is 8.47. The van der Waals surface area contributed by atoms with Gasteiger partial charge in [0.2, 0.25) is 5.91 Å². The smallest absolute Gasteiger partial charge is 0.237 e. The summed E-state index contributed by atoms with van der Waals surface area (Å²) in [6.45, 7) is 2.04. The zero-order valence-electron chi connectivity index (χ0n) is 14.7.